The van der Waals surface area contributed by atoms with E-state index in [0.717, 1.165) is 0 Å². The third kappa shape index (κ3) is 1.84. The first-order chi connectivity index (χ1) is 2.50. The van der Waals surface area contributed by atoms with Crippen molar-refractivity contribution in [1.29, 1.82) is 0 Å². The van der Waals surface area contributed by atoms with E-state index in [9.17, 15) is 0 Å². The summed E-state index contributed by atoms with van der Waals surface area (Å²) >= 11 is 0. The maximum absolute atomic E-state index is 1.50. The van der Waals surface area contributed by atoms with Crippen molar-refractivity contribution in [2.45, 2.75) is 32.1 Å². The molecule has 1 rings (SSSR count). The first-order valence-corrected chi connectivity index (χ1v) is 2.50. The molecule has 0 aliphatic heterocycles. The second-order valence-corrected chi connectivity index (χ2v) is 1.77. The summed E-state index contributed by atoms with van der Waals surface area (Å²) in [6.45, 7) is 0. The van der Waals surface area contributed by atoms with Crippen LogP contribution in [0.3, 0.4) is 0 Å². The molecular formula is C5H10Se. The number of hydrogen-bond acceptors (Lipinski definition) is 0. The summed E-state index contributed by atoms with van der Waals surface area (Å²) in [4.78, 5) is 0. The molecule has 1 saturated carbocycles. The van der Waals surface area contributed by atoms with Gasteiger partial charge in [0.1, 0.15) is 0 Å². The van der Waals surface area contributed by atoms with Crippen molar-refractivity contribution in [1.82, 2.24) is 0 Å². The molecular weight excluding hydrogens is 139 g/mol. The van der Waals surface area contributed by atoms with Gasteiger partial charge in [0, 0.05) is 17.1 Å². The summed E-state index contributed by atoms with van der Waals surface area (Å²) in [5.74, 6) is 0. The molecule has 0 spiro atoms. The van der Waals surface area contributed by atoms with E-state index in [1.165, 1.54) is 32.1 Å². The topological polar surface area (TPSA) is 0 Å². The molecule has 0 aromatic heterocycles. The van der Waals surface area contributed by atoms with Gasteiger partial charge in [-0.1, -0.05) is 32.1 Å². The standard InChI is InChI=1S/C5H10.Se/c1-2-4-5-3-1;/h1-5H2;. The Morgan fingerprint density at radius 1 is 0.500 bits per heavy atom. The van der Waals surface area contributed by atoms with E-state index < -0.39 is 0 Å². The maximum Gasteiger partial charge on any atom is 0 e. The second-order valence-electron chi connectivity index (χ2n) is 1.77. The molecule has 1 heteroatoms. The van der Waals surface area contributed by atoms with Crippen molar-refractivity contribution in [2.75, 3.05) is 0 Å². The predicted molar refractivity (Wildman–Crippen MR) is 28.8 cm³/mol. The molecule has 2 radical (unpaired) electrons. The Bertz CT molecular complexity index is 15.5. The van der Waals surface area contributed by atoms with Crippen LogP contribution < -0.4 is 0 Å². The molecule has 0 amide bonds. The van der Waals surface area contributed by atoms with Crippen LogP contribution in [0.5, 0.6) is 0 Å². The van der Waals surface area contributed by atoms with Gasteiger partial charge in [-0.3, -0.25) is 0 Å². The Kier molecular flexibility index (Phi) is 4.02. The van der Waals surface area contributed by atoms with Crippen LogP contribution in [0, 0.1) is 0 Å². The first-order valence-electron chi connectivity index (χ1n) is 2.50. The van der Waals surface area contributed by atoms with E-state index in [2.05, 4.69) is 0 Å². The average molecular weight is 149 g/mol. The summed E-state index contributed by atoms with van der Waals surface area (Å²) in [5, 5.41) is 0. The van der Waals surface area contributed by atoms with Crippen LogP contribution in [0.25, 0.3) is 0 Å². The fourth-order valence-corrected chi connectivity index (χ4v) is 0.884. The monoisotopic (exact) mass is 150 g/mol. The zero-order valence-electron chi connectivity index (χ0n) is 3.94. The van der Waals surface area contributed by atoms with E-state index in [1.54, 1.807) is 0 Å². The van der Waals surface area contributed by atoms with Crippen LogP contribution in [0.15, 0.2) is 0 Å². The van der Waals surface area contributed by atoms with Crippen molar-refractivity contribution >= 4 is 17.1 Å². The molecule has 0 aromatic carbocycles. The fourth-order valence-electron chi connectivity index (χ4n) is 0.884. The Morgan fingerprint density at radius 3 is 0.833 bits per heavy atom. The number of rotatable bonds is 0. The zero-order chi connectivity index (χ0) is 3.54. The minimum Gasteiger partial charge on any atom is -0.0533 e. The average Bonchev–Trinajstić information content (AvgIpc) is 1.76. The van der Waals surface area contributed by atoms with Gasteiger partial charge in [0.05, 0.1) is 0 Å². The van der Waals surface area contributed by atoms with Gasteiger partial charge in [-0.05, 0) is 0 Å². The molecule has 1 aliphatic carbocycles. The fraction of sp³-hybridized carbons (Fsp3) is 1.00. The van der Waals surface area contributed by atoms with Gasteiger partial charge in [-0.25, -0.2) is 0 Å². The Labute approximate surface area is 49.8 Å². The summed E-state index contributed by atoms with van der Waals surface area (Å²) in [6, 6.07) is 0. The Morgan fingerprint density at radius 2 is 0.667 bits per heavy atom. The largest absolute Gasteiger partial charge is 0.0533 e. The Balaban J connectivity index is 0.000000250. The molecule has 1 aliphatic rings. The second kappa shape index (κ2) is 3.70. The minimum atomic E-state index is 0. The third-order valence-corrected chi connectivity index (χ3v) is 1.25. The van der Waals surface area contributed by atoms with Gasteiger partial charge in [0.15, 0.2) is 0 Å². The molecule has 0 N–H and O–H groups in total. The van der Waals surface area contributed by atoms with E-state index in [4.69, 9.17) is 0 Å². The third-order valence-electron chi connectivity index (χ3n) is 1.25. The summed E-state index contributed by atoms with van der Waals surface area (Å²) in [5.41, 5.74) is 0. The molecule has 1 fully saturated rings. The van der Waals surface area contributed by atoms with E-state index in [0.29, 0.717) is 0 Å². The molecule has 0 saturated heterocycles. The van der Waals surface area contributed by atoms with Crippen molar-refractivity contribution < 1.29 is 0 Å². The number of hydrogen-bond donors (Lipinski definition) is 0. The van der Waals surface area contributed by atoms with Gasteiger partial charge in [-0.2, -0.15) is 0 Å². The quantitative estimate of drug-likeness (QED) is 0.458. The SMILES string of the molecule is C1CCCC1.[Se]. The van der Waals surface area contributed by atoms with Crippen molar-refractivity contribution in [2.24, 2.45) is 0 Å². The first kappa shape index (κ1) is 6.52. The molecule has 0 nitrogen and oxygen atoms in total. The normalized spacial score (nSPS) is 20.0. The van der Waals surface area contributed by atoms with Crippen LogP contribution in [0.1, 0.15) is 32.1 Å². The van der Waals surface area contributed by atoms with Crippen molar-refractivity contribution in [3.63, 3.8) is 0 Å². The van der Waals surface area contributed by atoms with E-state index >= 15 is 0 Å². The molecule has 0 unspecified atom stereocenters. The molecule has 6 heavy (non-hydrogen) atoms. The maximum atomic E-state index is 1.50. The van der Waals surface area contributed by atoms with Crippen LogP contribution in [-0.4, -0.2) is 17.1 Å². The predicted octanol–water partition coefficient (Wildman–Crippen LogP) is 1.57. The van der Waals surface area contributed by atoms with Gasteiger partial charge >= 0.3 is 0 Å². The van der Waals surface area contributed by atoms with Gasteiger partial charge < -0.3 is 0 Å². The summed E-state index contributed by atoms with van der Waals surface area (Å²) in [6.07, 6.45) is 7.50. The molecule has 36 valence electrons. The van der Waals surface area contributed by atoms with Gasteiger partial charge in [0.25, 0.3) is 0 Å². The smallest absolute Gasteiger partial charge is 0 e. The summed E-state index contributed by atoms with van der Waals surface area (Å²) in [7, 11) is 0. The van der Waals surface area contributed by atoms with Crippen LogP contribution in [-0.2, 0) is 0 Å². The van der Waals surface area contributed by atoms with Crippen LogP contribution >= 0.6 is 0 Å². The van der Waals surface area contributed by atoms with Gasteiger partial charge in [-0.15, -0.1) is 0 Å². The van der Waals surface area contributed by atoms with Crippen LogP contribution in [0.2, 0.25) is 0 Å². The van der Waals surface area contributed by atoms with E-state index in [-0.39, 0.29) is 17.1 Å². The zero-order valence-corrected chi connectivity index (χ0v) is 5.66. The van der Waals surface area contributed by atoms with Gasteiger partial charge in [0.2, 0.25) is 0 Å². The molecule has 0 bridgehead atoms. The minimum absolute atomic E-state index is 0. The van der Waals surface area contributed by atoms with Crippen molar-refractivity contribution in [3.05, 3.63) is 0 Å². The van der Waals surface area contributed by atoms with Crippen molar-refractivity contribution in [3.8, 4) is 0 Å². The molecule has 0 heterocycles. The van der Waals surface area contributed by atoms with Crippen LogP contribution in [0.4, 0.5) is 0 Å². The molecule has 0 atom stereocenters. The summed E-state index contributed by atoms with van der Waals surface area (Å²) < 4.78 is 0. The Hall–Kier alpha value is 0.519. The molecule has 0 aromatic rings. The van der Waals surface area contributed by atoms with E-state index in [1.807, 2.05) is 0 Å².